The van der Waals surface area contributed by atoms with Crippen molar-refractivity contribution in [3.8, 4) is 0 Å². The quantitative estimate of drug-likeness (QED) is 0.138. The smallest absolute Gasteiger partial charge is 0.322 e. The third-order valence-electron chi connectivity index (χ3n) is 5.22. The predicted molar refractivity (Wildman–Crippen MR) is 128 cm³/mol. The second-order valence-electron chi connectivity index (χ2n) is 8.10. The molecule has 3 atom stereocenters. The lowest BCUT2D eigenvalue weighted by Crippen LogP contribution is -2.56. The van der Waals surface area contributed by atoms with Gasteiger partial charge in [0, 0.05) is 6.42 Å². The summed E-state index contributed by atoms with van der Waals surface area (Å²) in [6.07, 6.45) is 3.53. The molecule has 11 nitrogen and oxygen atoms in total. The standard InChI is InChI=1S/C23H38N6O5/c24-12-6-4-10-17(26)21(32)29-19(14-16-8-2-1-3-9-16)23(34)28-18(11-5-7-13-25)22(33)27-15-20(30)31/h1-3,8-9,17-19H,4-7,10-15,24-26H2,(H,27,33)(H,28,34)(H,29,32)(H,30,31). The molecule has 1 rings (SSSR count). The van der Waals surface area contributed by atoms with Gasteiger partial charge >= 0.3 is 5.97 Å². The number of nitrogens with one attached hydrogen (secondary N) is 3. The van der Waals surface area contributed by atoms with Crippen LogP contribution in [0.3, 0.4) is 0 Å². The van der Waals surface area contributed by atoms with Crippen molar-refractivity contribution in [3.63, 3.8) is 0 Å². The van der Waals surface area contributed by atoms with Crippen LogP contribution in [0.5, 0.6) is 0 Å². The zero-order valence-corrected chi connectivity index (χ0v) is 19.5. The minimum Gasteiger partial charge on any atom is -0.480 e. The largest absolute Gasteiger partial charge is 0.480 e. The first-order valence-corrected chi connectivity index (χ1v) is 11.6. The lowest BCUT2D eigenvalue weighted by atomic mass is 10.0. The third-order valence-corrected chi connectivity index (χ3v) is 5.22. The average molecular weight is 479 g/mol. The topological polar surface area (TPSA) is 203 Å². The summed E-state index contributed by atoms with van der Waals surface area (Å²) in [7, 11) is 0. The van der Waals surface area contributed by atoms with Gasteiger partial charge in [0.15, 0.2) is 0 Å². The molecule has 34 heavy (non-hydrogen) atoms. The number of carboxylic acids is 1. The summed E-state index contributed by atoms with van der Waals surface area (Å²) in [5.74, 6) is -2.84. The molecule has 10 N–H and O–H groups in total. The number of aliphatic carboxylic acids is 1. The van der Waals surface area contributed by atoms with Crippen molar-refractivity contribution < 1.29 is 24.3 Å². The van der Waals surface area contributed by atoms with E-state index in [0.29, 0.717) is 38.8 Å². The van der Waals surface area contributed by atoms with Crippen LogP contribution in [0.4, 0.5) is 0 Å². The Balaban J connectivity index is 2.94. The summed E-state index contributed by atoms with van der Waals surface area (Å²) in [5, 5.41) is 16.5. The number of carbonyl (C=O) groups is 4. The van der Waals surface area contributed by atoms with Gasteiger partial charge in [0.1, 0.15) is 18.6 Å². The number of carbonyl (C=O) groups excluding carboxylic acids is 3. The van der Waals surface area contributed by atoms with Gasteiger partial charge < -0.3 is 38.3 Å². The Bertz CT molecular complexity index is 776. The molecule has 190 valence electrons. The number of nitrogens with two attached hydrogens (primary N) is 3. The van der Waals surface area contributed by atoms with Crippen molar-refractivity contribution in [1.29, 1.82) is 0 Å². The lowest BCUT2D eigenvalue weighted by Gasteiger charge is -2.24. The Labute approximate surface area is 200 Å². The molecule has 0 saturated carbocycles. The van der Waals surface area contributed by atoms with E-state index in [-0.39, 0.29) is 12.8 Å². The number of benzene rings is 1. The highest BCUT2D eigenvalue weighted by Gasteiger charge is 2.28. The van der Waals surface area contributed by atoms with Gasteiger partial charge in [0.2, 0.25) is 17.7 Å². The fraction of sp³-hybridized carbons (Fsp3) is 0.565. The number of amides is 3. The van der Waals surface area contributed by atoms with E-state index >= 15 is 0 Å². The Morgan fingerprint density at radius 1 is 0.794 bits per heavy atom. The normalized spacial score (nSPS) is 13.4. The van der Waals surface area contributed by atoms with Gasteiger partial charge in [-0.1, -0.05) is 36.8 Å². The van der Waals surface area contributed by atoms with Crippen LogP contribution >= 0.6 is 0 Å². The second kappa shape index (κ2) is 16.6. The fourth-order valence-electron chi connectivity index (χ4n) is 3.30. The van der Waals surface area contributed by atoms with E-state index in [1.807, 2.05) is 30.3 Å². The van der Waals surface area contributed by atoms with Crippen LogP contribution in [0.15, 0.2) is 30.3 Å². The molecule has 0 aliphatic heterocycles. The van der Waals surface area contributed by atoms with Crippen LogP contribution in [0.2, 0.25) is 0 Å². The van der Waals surface area contributed by atoms with Gasteiger partial charge in [0.25, 0.3) is 0 Å². The molecule has 0 radical (unpaired) electrons. The lowest BCUT2D eigenvalue weighted by molar-refractivity contribution is -0.138. The molecule has 11 heteroatoms. The Kier molecular flexibility index (Phi) is 14.1. The molecule has 3 amide bonds. The number of rotatable bonds is 17. The first-order chi connectivity index (χ1) is 16.3. The summed E-state index contributed by atoms with van der Waals surface area (Å²) >= 11 is 0. The molecule has 0 fully saturated rings. The highest BCUT2D eigenvalue weighted by atomic mass is 16.4. The highest BCUT2D eigenvalue weighted by molar-refractivity contribution is 5.93. The molecule has 0 spiro atoms. The molecular weight excluding hydrogens is 440 g/mol. The van der Waals surface area contributed by atoms with E-state index in [0.717, 1.165) is 12.0 Å². The first kappa shape index (κ1) is 29.0. The maximum Gasteiger partial charge on any atom is 0.322 e. The monoisotopic (exact) mass is 478 g/mol. The minimum absolute atomic E-state index is 0.195. The Hall–Kier alpha value is -3.02. The summed E-state index contributed by atoms with van der Waals surface area (Å²) in [6, 6.07) is 6.39. The van der Waals surface area contributed by atoms with Crippen molar-refractivity contribution in [2.45, 2.75) is 63.1 Å². The van der Waals surface area contributed by atoms with E-state index in [9.17, 15) is 19.2 Å². The fourth-order valence-corrected chi connectivity index (χ4v) is 3.30. The zero-order chi connectivity index (χ0) is 25.3. The van der Waals surface area contributed by atoms with Crippen LogP contribution in [0, 0.1) is 0 Å². The molecular formula is C23H38N6O5. The predicted octanol–water partition coefficient (Wildman–Crippen LogP) is -1.02. The summed E-state index contributed by atoms with van der Waals surface area (Å²) in [4.78, 5) is 49.1. The van der Waals surface area contributed by atoms with Crippen LogP contribution in [-0.2, 0) is 25.6 Å². The molecule has 0 aromatic heterocycles. The van der Waals surface area contributed by atoms with E-state index in [4.69, 9.17) is 22.3 Å². The van der Waals surface area contributed by atoms with Crippen molar-refractivity contribution in [2.24, 2.45) is 17.2 Å². The zero-order valence-electron chi connectivity index (χ0n) is 19.5. The maximum atomic E-state index is 13.1. The number of hydrogen-bond acceptors (Lipinski definition) is 7. The molecule has 1 aromatic carbocycles. The third kappa shape index (κ3) is 11.7. The van der Waals surface area contributed by atoms with E-state index in [1.165, 1.54) is 0 Å². The average Bonchev–Trinajstić information content (AvgIpc) is 2.82. The highest BCUT2D eigenvalue weighted by Crippen LogP contribution is 2.07. The Morgan fingerprint density at radius 2 is 1.38 bits per heavy atom. The van der Waals surface area contributed by atoms with Gasteiger partial charge in [-0.2, -0.15) is 0 Å². The van der Waals surface area contributed by atoms with E-state index in [2.05, 4.69) is 16.0 Å². The summed E-state index contributed by atoms with van der Waals surface area (Å²) in [6.45, 7) is 0.360. The van der Waals surface area contributed by atoms with Gasteiger partial charge in [-0.05, 0) is 50.8 Å². The number of unbranched alkanes of at least 4 members (excludes halogenated alkanes) is 2. The molecule has 0 aliphatic carbocycles. The van der Waals surface area contributed by atoms with Crippen molar-refractivity contribution in [2.75, 3.05) is 19.6 Å². The van der Waals surface area contributed by atoms with Gasteiger partial charge in [-0.15, -0.1) is 0 Å². The van der Waals surface area contributed by atoms with Crippen LogP contribution < -0.4 is 33.2 Å². The number of hydrogen-bond donors (Lipinski definition) is 7. The molecule has 0 aliphatic rings. The maximum absolute atomic E-state index is 13.1. The van der Waals surface area contributed by atoms with Gasteiger partial charge in [-0.3, -0.25) is 19.2 Å². The second-order valence-corrected chi connectivity index (χ2v) is 8.10. The number of carboxylic acid groups (broad SMARTS) is 1. The first-order valence-electron chi connectivity index (χ1n) is 11.6. The van der Waals surface area contributed by atoms with E-state index in [1.54, 1.807) is 0 Å². The molecule has 0 heterocycles. The Morgan fingerprint density at radius 3 is 1.97 bits per heavy atom. The SMILES string of the molecule is NCCCCC(N)C(=O)NC(Cc1ccccc1)C(=O)NC(CCCCN)C(=O)NCC(=O)O. The van der Waals surface area contributed by atoms with Crippen molar-refractivity contribution in [1.82, 2.24) is 16.0 Å². The minimum atomic E-state index is -1.20. The van der Waals surface area contributed by atoms with Crippen LogP contribution in [-0.4, -0.2) is 66.6 Å². The molecule has 0 bridgehead atoms. The van der Waals surface area contributed by atoms with Gasteiger partial charge in [0.05, 0.1) is 6.04 Å². The van der Waals surface area contributed by atoms with Crippen molar-refractivity contribution >= 4 is 23.7 Å². The van der Waals surface area contributed by atoms with Crippen LogP contribution in [0.1, 0.15) is 44.1 Å². The summed E-state index contributed by atoms with van der Waals surface area (Å²) < 4.78 is 0. The van der Waals surface area contributed by atoms with Gasteiger partial charge in [-0.25, -0.2) is 0 Å². The van der Waals surface area contributed by atoms with Crippen LogP contribution in [0.25, 0.3) is 0 Å². The molecule has 1 aromatic rings. The molecule has 0 saturated heterocycles. The van der Waals surface area contributed by atoms with Crippen molar-refractivity contribution in [3.05, 3.63) is 35.9 Å². The summed E-state index contributed by atoms with van der Waals surface area (Å²) in [5.41, 5.74) is 17.8. The molecule has 3 unspecified atom stereocenters. The van der Waals surface area contributed by atoms with E-state index < -0.39 is 48.4 Å².